The van der Waals surface area contributed by atoms with Crippen molar-refractivity contribution in [2.24, 2.45) is 0 Å². The van der Waals surface area contributed by atoms with Crippen LogP contribution < -0.4 is 0 Å². The molecule has 176 valence electrons. The van der Waals surface area contributed by atoms with Crippen molar-refractivity contribution in [2.45, 2.75) is 65.5 Å². The molecule has 32 heavy (non-hydrogen) atoms. The zero-order valence-corrected chi connectivity index (χ0v) is 18.5. The van der Waals surface area contributed by atoms with E-state index in [1.165, 1.54) is 6.92 Å². The van der Waals surface area contributed by atoms with Crippen LogP contribution in [0.2, 0.25) is 0 Å². The van der Waals surface area contributed by atoms with Crippen LogP contribution in [0.3, 0.4) is 0 Å². The molecule has 0 radical (unpaired) electrons. The molecule has 0 aliphatic rings. The van der Waals surface area contributed by atoms with Gasteiger partial charge in [-0.2, -0.15) is 0 Å². The molecule has 10 heteroatoms. The first-order valence-corrected chi connectivity index (χ1v) is 10.1. The Kier molecular flexibility index (Phi) is 11.5. The van der Waals surface area contributed by atoms with Crippen LogP contribution >= 0.6 is 0 Å². The number of unbranched alkanes of at least 4 members (excludes halogenated alkanes) is 1. The predicted molar refractivity (Wildman–Crippen MR) is 109 cm³/mol. The number of carbonyl (C=O) groups excluding carboxylic acids is 5. The molecule has 0 fully saturated rings. The van der Waals surface area contributed by atoms with Gasteiger partial charge in [0, 0.05) is 13.8 Å². The van der Waals surface area contributed by atoms with Gasteiger partial charge in [-0.25, -0.2) is 14.4 Å². The molecule has 0 saturated carbocycles. The number of carbonyl (C=O) groups is 5. The van der Waals surface area contributed by atoms with Crippen molar-refractivity contribution in [3.63, 3.8) is 0 Å². The normalized spacial score (nSPS) is 13.1. The lowest BCUT2D eigenvalue weighted by Crippen LogP contribution is -2.48. The molecule has 0 aliphatic carbocycles. The summed E-state index contributed by atoms with van der Waals surface area (Å²) in [6, 6.07) is 8.83. The van der Waals surface area contributed by atoms with E-state index in [1.54, 1.807) is 30.3 Å². The van der Waals surface area contributed by atoms with E-state index in [4.69, 9.17) is 23.7 Å². The Labute approximate surface area is 186 Å². The highest BCUT2D eigenvalue weighted by molar-refractivity contribution is 5.90. The van der Waals surface area contributed by atoms with Crippen LogP contribution in [0.15, 0.2) is 30.3 Å². The van der Waals surface area contributed by atoms with E-state index in [1.807, 2.05) is 6.92 Å². The van der Waals surface area contributed by atoms with E-state index >= 15 is 0 Å². The first-order chi connectivity index (χ1) is 15.1. The zero-order chi connectivity index (χ0) is 24.1. The third-order valence-corrected chi connectivity index (χ3v) is 3.92. The average Bonchev–Trinajstić information content (AvgIpc) is 2.74. The Hall–Kier alpha value is -3.43. The summed E-state index contributed by atoms with van der Waals surface area (Å²) in [7, 11) is 0. The molecule has 1 aromatic carbocycles. The minimum absolute atomic E-state index is 0.0111. The largest absolute Gasteiger partial charge is 0.463 e. The molecular formula is C22H28O10. The fourth-order valence-corrected chi connectivity index (χ4v) is 2.36. The Morgan fingerprint density at radius 3 is 1.88 bits per heavy atom. The number of benzene rings is 1. The maximum atomic E-state index is 12.6. The van der Waals surface area contributed by atoms with Crippen LogP contribution in [0.4, 0.5) is 0 Å². The van der Waals surface area contributed by atoms with E-state index in [-0.39, 0.29) is 13.2 Å². The molecule has 0 N–H and O–H groups in total. The first-order valence-electron chi connectivity index (χ1n) is 10.1. The second-order valence-corrected chi connectivity index (χ2v) is 6.75. The van der Waals surface area contributed by atoms with Crippen molar-refractivity contribution in [2.75, 3.05) is 6.61 Å². The summed E-state index contributed by atoms with van der Waals surface area (Å²) in [6.45, 7) is 5.08. The van der Waals surface area contributed by atoms with Crippen LogP contribution in [-0.2, 0) is 54.3 Å². The van der Waals surface area contributed by atoms with Gasteiger partial charge >= 0.3 is 29.8 Å². The molecule has 0 spiro atoms. The van der Waals surface area contributed by atoms with Crippen LogP contribution in [0.1, 0.15) is 46.1 Å². The fraction of sp³-hybridized carbons (Fsp3) is 0.500. The number of hydrogen-bond donors (Lipinski definition) is 0. The third kappa shape index (κ3) is 9.59. The van der Waals surface area contributed by atoms with Gasteiger partial charge in [-0.3, -0.25) is 9.59 Å². The Balaban J connectivity index is 2.87. The van der Waals surface area contributed by atoms with Crippen molar-refractivity contribution in [1.82, 2.24) is 0 Å². The van der Waals surface area contributed by atoms with Gasteiger partial charge in [0.2, 0.25) is 12.2 Å². The van der Waals surface area contributed by atoms with Gasteiger partial charge in [-0.15, -0.1) is 0 Å². The van der Waals surface area contributed by atoms with Gasteiger partial charge in [0.25, 0.3) is 0 Å². The average molecular weight is 452 g/mol. The minimum Gasteiger partial charge on any atom is -0.463 e. The Bertz CT molecular complexity index is 789. The molecule has 3 atom stereocenters. The summed E-state index contributed by atoms with van der Waals surface area (Å²) in [6.07, 6.45) is -3.99. The molecule has 0 heterocycles. The van der Waals surface area contributed by atoms with Crippen molar-refractivity contribution in [1.29, 1.82) is 0 Å². The number of rotatable bonds is 12. The van der Waals surface area contributed by atoms with Crippen molar-refractivity contribution >= 4 is 29.8 Å². The van der Waals surface area contributed by atoms with Gasteiger partial charge in [-0.05, 0) is 18.9 Å². The summed E-state index contributed by atoms with van der Waals surface area (Å²) < 4.78 is 24.8. The quantitative estimate of drug-likeness (QED) is 0.263. The maximum absolute atomic E-state index is 12.6. The van der Waals surface area contributed by atoms with E-state index < -0.39 is 48.2 Å². The van der Waals surface area contributed by atoms with E-state index in [9.17, 15) is 24.0 Å². The molecule has 10 nitrogen and oxygen atoms in total. The molecule has 0 aliphatic heterocycles. The topological polar surface area (TPSA) is 132 Å². The third-order valence-electron chi connectivity index (χ3n) is 3.92. The van der Waals surface area contributed by atoms with Crippen molar-refractivity contribution in [3.8, 4) is 0 Å². The van der Waals surface area contributed by atoms with Crippen molar-refractivity contribution in [3.05, 3.63) is 35.9 Å². The number of ether oxygens (including phenoxy) is 5. The second kappa shape index (κ2) is 13.8. The van der Waals surface area contributed by atoms with Crippen LogP contribution in [0.5, 0.6) is 0 Å². The van der Waals surface area contributed by atoms with Crippen LogP contribution in [0.25, 0.3) is 0 Å². The second-order valence-electron chi connectivity index (χ2n) is 6.75. The molecule has 0 saturated heterocycles. The first kappa shape index (κ1) is 26.6. The molecule has 0 bridgehead atoms. The smallest absolute Gasteiger partial charge is 0.352 e. The molecule has 1 rings (SSSR count). The monoisotopic (exact) mass is 452 g/mol. The highest BCUT2D eigenvalue weighted by Crippen LogP contribution is 2.13. The standard InChI is InChI=1S/C22H28O10/c1-5-6-12-28-21(26)18(31-15(3)23)19(32-16(4)24)22(27)30-14(2)20(25)29-13-17-10-8-7-9-11-17/h7-11,14,18-19H,5-6,12-13H2,1-4H3/t14-,18+,19+/m0/s1. The predicted octanol–water partition coefficient (Wildman–Crippen LogP) is 1.87. The lowest BCUT2D eigenvalue weighted by Gasteiger charge is -2.24. The summed E-state index contributed by atoms with van der Waals surface area (Å²) >= 11 is 0. The fourth-order valence-electron chi connectivity index (χ4n) is 2.36. The van der Waals surface area contributed by atoms with Crippen LogP contribution in [0, 0.1) is 0 Å². The SMILES string of the molecule is CCCCOC(=O)[C@H](OC(C)=O)[C@@H](OC(C)=O)C(=O)O[C@@H](C)C(=O)OCc1ccccc1. The van der Waals surface area contributed by atoms with Crippen LogP contribution in [-0.4, -0.2) is 54.8 Å². The van der Waals surface area contributed by atoms with Gasteiger partial charge in [0.05, 0.1) is 6.61 Å². The lowest BCUT2D eigenvalue weighted by atomic mass is 10.2. The summed E-state index contributed by atoms with van der Waals surface area (Å²) in [5.41, 5.74) is 0.724. The Morgan fingerprint density at radius 1 is 0.781 bits per heavy atom. The van der Waals surface area contributed by atoms with Crippen molar-refractivity contribution < 1.29 is 47.7 Å². The van der Waals surface area contributed by atoms with E-state index in [0.29, 0.717) is 6.42 Å². The zero-order valence-electron chi connectivity index (χ0n) is 18.5. The minimum atomic E-state index is -1.96. The van der Waals surface area contributed by atoms with E-state index in [0.717, 1.165) is 25.8 Å². The maximum Gasteiger partial charge on any atom is 0.352 e. The lowest BCUT2D eigenvalue weighted by molar-refractivity contribution is -0.194. The van der Waals surface area contributed by atoms with Gasteiger partial charge in [0.1, 0.15) is 6.61 Å². The van der Waals surface area contributed by atoms with Gasteiger partial charge in [0.15, 0.2) is 6.10 Å². The molecule has 0 aromatic heterocycles. The molecule has 0 unspecified atom stereocenters. The van der Waals surface area contributed by atoms with Gasteiger partial charge in [-0.1, -0.05) is 43.7 Å². The number of esters is 5. The molecular weight excluding hydrogens is 424 g/mol. The highest BCUT2D eigenvalue weighted by atomic mass is 16.6. The Morgan fingerprint density at radius 2 is 1.34 bits per heavy atom. The highest BCUT2D eigenvalue weighted by Gasteiger charge is 2.43. The molecule has 1 aromatic rings. The van der Waals surface area contributed by atoms with Gasteiger partial charge < -0.3 is 23.7 Å². The summed E-state index contributed by atoms with van der Waals surface area (Å²) in [5, 5.41) is 0. The van der Waals surface area contributed by atoms with E-state index in [2.05, 4.69) is 0 Å². The summed E-state index contributed by atoms with van der Waals surface area (Å²) in [4.78, 5) is 60.1. The molecule has 0 amide bonds. The number of hydrogen-bond acceptors (Lipinski definition) is 10. The summed E-state index contributed by atoms with van der Waals surface area (Å²) in [5.74, 6) is -5.08.